The quantitative estimate of drug-likeness (QED) is 0.454. The number of amides is 1. The fourth-order valence-electron chi connectivity index (χ4n) is 2.09. The Hall–Kier alpha value is -4.00. The molecule has 138 valence electrons. The highest BCUT2D eigenvalue weighted by Gasteiger charge is 2.19. The molecule has 0 saturated carbocycles. The molecule has 0 atom stereocenters. The van der Waals surface area contributed by atoms with Gasteiger partial charge in [-0.15, -0.1) is 0 Å². The highest BCUT2D eigenvalue weighted by atomic mass is 19.1. The predicted molar refractivity (Wildman–Crippen MR) is 92.1 cm³/mol. The molecule has 0 aliphatic heterocycles. The summed E-state index contributed by atoms with van der Waals surface area (Å²) in [5, 5.41) is 33.1. The number of rotatable bonds is 6. The van der Waals surface area contributed by atoms with Crippen molar-refractivity contribution in [2.24, 2.45) is 5.10 Å². The normalized spacial score (nSPS) is 10.4. The number of phenolic OH excluding ortho intramolecular Hbond substituents is 1. The minimum Gasteiger partial charge on any atom is -0.500 e. The number of carbonyl (C=O) groups excluding carboxylic acids is 1. The van der Waals surface area contributed by atoms with Gasteiger partial charge in [-0.05, 0) is 31.2 Å². The molecule has 2 N–H and O–H groups in total. The van der Waals surface area contributed by atoms with Gasteiger partial charge in [-0.3, -0.25) is 14.9 Å². The first kappa shape index (κ1) is 19.3. The van der Waals surface area contributed by atoms with E-state index in [1.165, 1.54) is 12.1 Å². The van der Waals surface area contributed by atoms with Crippen LogP contribution in [-0.4, -0.2) is 28.8 Å². The molecule has 0 unspecified atom stereocenters. The molecule has 0 bridgehead atoms. The molecular weight excluding hydrogens is 359 g/mol. The molecule has 10 heteroatoms. The van der Waals surface area contributed by atoms with Gasteiger partial charge in [-0.1, -0.05) is 0 Å². The van der Waals surface area contributed by atoms with Crippen molar-refractivity contribution < 1.29 is 24.0 Å². The van der Waals surface area contributed by atoms with Crippen molar-refractivity contribution in [3.8, 4) is 17.6 Å². The molecule has 0 fully saturated rings. The van der Waals surface area contributed by atoms with Crippen molar-refractivity contribution in [1.29, 1.82) is 5.26 Å². The van der Waals surface area contributed by atoms with Crippen molar-refractivity contribution in [2.45, 2.75) is 6.92 Å². The predicted octanol–water partition coefficient (Wildman–Crippen LogP) is 2.47. The Labute approximate surface area is 152 Å². The fraction of sp³-hybridized carbons (Fsp3) is 0.118. The van der Waals surface area contributed by atoms with E-state index in [2.05, 4.69) is 10.5 Å². The fourth-order valence-corrected chi connectivity index (χ4v) is 2.09. The third-order valence-electron chi connectivity index (χ3n) is 3.30. The number of ether oxygens (including phenoxy) is 1. The van der Waals surface area contributed by atoms with Gasteiger partial charge in [0, 0.05) is 11.6 Å². The molecule has 0 heterocycles. The lowest BCUT2D eigenvalue weighted by Gasteiger charge is -2.07. The van der Waals surface area contributed by atoms with E-state index in [0.717, 1.165) is 24.4 Å². The molecule has 9 nitrogen and oxygen atoms in total. The number of hydrogen-bond acceptors (Lipinski definition) is 7. The van der Waals surface area contributed by atoms with Crippen molar-refractivity contribution in [3.05, 3.63) is 63.0 Å². The molecule has 2 aromatic rings. The molecule has 0 aliphatic carbocycles. The number of benzene rings is 2. The number of phenols is 1. The lowest BCUT2D eigenvalue weighted by Crippen LogP contribution is -2.19. The van der Waals surface area contributed by atoms with E-state index in [-0.39, 0.29) is 29.0 Å². The summed E-state index contributed by atoms with van der Waals surface area (Å²) >= 11 is 0. The zero-order chi connectivity index (χ0) is 20.0. The van der Waals surface area contributed by atoms with Crippen LogP contribution in [0.5, 0.6) is 11.5 Å². The van der Waals surface area contributed by atoms with E-state index in [9.17, 15) is 24.4 Å². The number of aromatic hydroxyl groups is 1. The third kappa shape index (κ3) is 4.55. The lowest BCUT2D eigenvalue weighted by atomic mass is 10.1. The summed E-state index contributed by atoms with van der Waals surface area (Å²) in [7, 11) is 0. The van der Waals surface area contributed by atoms with Gasteiger partial charge < -0.3 is 9.84 Å². The molecule has 2 rings (SSSR count). The Morgan fingerprint density at radius 1 is 1.48 bits per heavy atom. The van der Waals surface area contributed by atoms with Gasteiger partial charge >= 0.3 is 5.69 Å². The van der Waals surface area contributed by atoms with Crippen LogP contribution < -0.4 is 10.2 Å². The Morgan fingerprint density at radius 2 is 2.22 bits per heavy atom. The van der Waals surface area contributed by atoms with Crippen LogP contribution in [0, 0.1) is 27.3 Å². The summed E-state index contributed by atoms with van der Waals surface area (Å²) < 4.78 is 18.9. The van der Waals surface area contributed by atoms with Crippen LogP contribution in [0.3, 0.4) is 0 Å². The maximum Gasteiger partial charge on any atom is 0.315 e. The zero-order valence-corrected chi connectivity index (χ0v) is 14.0. The van der Waals surface area contributed by atoms with Gasteiger partial charge in [0.05, 0.1) is 34.9 Å². The number of carbonyl (C=O) groups is 1. The van der Waals surface area contributed by atoms with E-state index in [4.69, 9.17) is 10.00 Å². The molecular formula is C17H13FN4O5. The summed E-state index contributed by atoms with van der Waals surface area (Å²) in [6.07, 6.45) is 1.08. The van der Waals surface area contributed by atoms with Crippen molar-refractivity contribution in [3.63, 3.8) is 0 Å². The van der Waals surface area contributed by atoms with Gasteiger partial charge in [0.25, 0.3) is 5.91 Å². The number of halogens is 1. The van der Waals surface area contributed by atoms with Crippen LogP contribution in [0.25, 0.3) is 0 Å². The average molecular weight is 372 g/mol. The van der Waals surface area contributed by atoms with E-state index in [1.54, 1.807) is 13.0 Å². The molecule has 1 amide bonds. The van der Waals surface area contributed by atoms with Crippen LogP contribution in [0.15, 0.2) is 35.4 Å². The highest BCUT2D eigenvalue weighted by molar-refractivity contribution is 5.95. The lowest BCUT2D eigenvalue weighted by molar-refractivity contribution is -0.386. The van der Waals surface area contributed by atoms with Crippen molar-refractivity contribution in [2.75, 3.05) is 6.61 Å². The topological polar surface area (TPSA) is 138 Å². The van der Waals surface area contributed by atoms with Crippen LogP contribution in [-0.2, 0) is 0 Å². The van der Waals surface area contributed by atoms with Crippen molar-refractivity contribution >= 4 is 17.8 Å². The summed E-state index contributed by atoms with van der Waals surface area (Å²) in [4.78, 5) is 22.1. The average Bonchev–Trinajstić information content (AvgIpc) is 2.63. The molecule has 0 aliphatic rings. The maximum absolute atomic E-state index is 13.8. The molecule has 27 heavy (non-hydrogen) atoms. The van der Waals surface area contributed by atoms with E-state index in [1.807, 2.05) is 0 Å². The number of hydrogen-bond donors (Lipinski definition) is 2. The standard InChI is InChI=1S/C17H13FN4O5/c1-2-27-15-7-11(6-14(16(15)23)22(25)26)9-20-21-17(24)12-4-3-10(8-19)5-13(12)18/h3-7,9,23H,2H2,1H3,(H,21,24)/b20-9-. The smallest absolute Gasteiger partial charge is 0.315 e. The second kappa shape index (κ2) is 8.39. The monoisotopic (exact) mass is 372 g/mol. The molecule has 0 radical (unpaired) electrons. The SMILES string of the molecule is CCOc1cc(/C=N\NC(=O)c2ccc(C#N)cc2F)cc([N+](=O)[O-])c1O. The summed E-state index contributed by atoms with van der Waals surface area (Å²) in [6.45, 7) is 1.80. The van der Waals surface area contributed by atoms with Gasteiger partial charge in [0.15, 0.2) is 5.75 Å². The highest BCUT2D eigenvalue weighted by Crippen LogP contribution is 2.36. The minimum atomic E-state index is -0.888. The van der Waals surface area contributed by atoms with Crippen LogP contribution in [0.2, 0.25) is 0 Å². The van der Waals surface area contributed by atoms with E-state index in [0.29, 0.717) is 0 Å². The third-order valence-corrected chi connectivity index (χ3v) is 3.30. The van der Waals surface area contributed by atoms with Crippen molar-refractivity contribution in [1.82, 2.24) is 5.43 Å². The molecule has 2 aromatic carbocycles. The number of hydrazone groups is 1. The second-order valence-electron chi connectivity index (χ2n) is 5.08. The van der Waals surface area contributed by atoms with Gasteiger partial charge in [-0.2, -0.15) is 10.4 Å². The van der Waals surface area contributed by atoms with Crippen LogP contribution in [0.4, 0.5) is 10.1 Å². The molecule has 0 aromatic heterocycles. The van der Waals surface area contributed by atoms with E-state index < -0.39 is 28.1 Å². The van der Waals surface area contributed by atoms with E-state index >= 15 is 0 Å². The Kier molecular flexibility index (Phi) is 6.01. The number of nitro groups is 1. The molecule has 0 spiro atoms. The maximum atomic E-state index is 13.8. The Morgan fingerprint density at radius 3 is 2.81 bits per heavy atom. The Bertz CT molecular complexity index is 969. The van der Waals surface area contributed by atoms with Crippen LogP contribution >= 0.6 is 0 Å². The first-order chi connectivity index (χ1) is 12.9. The summed E-state index contributed by atoms with van der Waals surface area (Å²) in [6, 6.07) is 7.40. The second-order valence-corrected chi connectivity index (χ2v) is 5.08. The minimum absolute atomic E-state index is 0.0624. The summed E-state index contributed by atoms with van der Waals surface area (Å²) in [5.74, 6) is -2.49. The number of nitrogens with zero attached hydrogens (tertiary/aromatic N) is 3. The van der Waals surface area contributed by atoms with Gasteiger partial charge in [0.1, 0.15) is 5.82 Å². The Balaban J connectivity index is 2.21. The van der Waals surface area contributed by atoms with Gasteiger partial charge in [-0.25, -0.2) is 9.82 Å². The zero-order valence-electron chi connectivity index (χ0n) is 14.0. The largest absolute Gasteiger partial charge is 0.500 e. The van der Waals surface area contributed by atoms with Gasteiger partial charge in [0.2, 0.25) is 5.75 Å². The number of nitriles is 1. The number of nitro benzene ring substituents is 1. The van der Waals surface area contributed by atoms with Crippen LogP contribution in [0.1, 0.15) is 28.4 Å². The first-order valence-corrected chi connectivity index (χ1v) is 7.54. The number of nitrogens with one attached hydrogen (secondary N) is 1. The summed E-state index contributed by atoms with van der Waals surface area (Å²) in [5.41, 5.74) is 1.40. The molecule has 0 saturated heterocycles. The first-order valence-electron chi connectivity index (χ1n) is 7.54.